The number of rotatable bonds is 3. The Morgan fingerprint density at radius 3 is 2.23 bits per heavy atom. The first-order valence-electron chi connectivity index (χ1n) is 13.0. The van der Waals surface area contributed by atoms with Crippen LogP contribution < -0.4 is 0 Å². The smallest absolute Gasteiger partial charge is 0.310 e. The molecule has 0 heterocycles. The zero-order chi connectivity index (χ0) is 22.4. The minimum absolute atomic E-state index is 0.0337. The van der Waals surface area contributed by atoms with Crippen molar-refractivity contribution in [1.82, 2.24) is 0 Å². The van der Waals surface area contributed by atoms with E-state index in [1.54, 1.807) is 0 Å². The maximum absolute atomic E-state index is 13.0. The van der Waals surface area contributed by atoms with Crippen molar-refractivity contribution >= 4 is 11.9 Å². The molecule has 0 radical (unpaired) electrons. The summed E-state index contributed by atoms with van der Waals surface area (Å²) in [5.74, 6) is 1.15. The van der Waals surface area contributed by atoms with E-state index in [0.717, 1.165) is 57.8 Å². The van der Waals surface area contributed by atoms with Crippen LogP contribution in [0.15, 0.2) is 0 Å². The van der Waals surface area contributed by atoms with E-state index in [1.807, 2.05) is 6.92 Å². The predicted molar refractivity (Wildman–Crippen MR) is 119 cm³/mol. The predicted octanol–water partition coefficient (Wildman–Crippen LogP) is 6.24. The lowest BCUT2D eigenvalue weighted by Gasteiger charge is -2.75. The average molecular weight is 431 g/mol. The van der Waals surface area contributed by atoms with E-state index in [4.69, 9.17) is 0 Å². The lowest BCUT2D eigenvalue weighted by molar-refractivity contribution is -0.278. The standard InChI is InChI=1S/C27H42O4/c1-16(2)17-15-26-13-9-19-24(3,10-7-11-25(19,4)22(28)29)21(26)14-18(17)27(23(30)31)12-6-5-8-20(26)27/h16-21H,5-15H2,1-4H3,(H,28,29)(H,30,31). The number of hydrogen-bond acceptors (Lipinski definition) is 2. The quantitative estimate of drug-likeness (QED) is 0.556. The van der Waals surface area contributed by atoms with Crippen molar-refractivity contribution in [1.29, 1.82) is 0 Å². The number of fused-ring (bicyclic) bond motifs is 2. The second kappa shape index (κ2) is 6.73. The van der Waals surface area contributed by atoms with E-state index in [0.29, 0.717) is 23.7 Å². The van der Waals surface area contributed by atoms with Crippen molar-refractivity contribution in [3.05, 3.63) is 0 Å². The first kappa shape index (κ1) is 21.8. The highest BCUT2D eigenvalue weighted by atomic mass is 16.4. The van der Waals surface area contributed by atoms with Gasteiger partial charge in [-0.2, -0.15) is 0 Å². The van der Waals surface area contributed by atoms with Crippen LogP contribution in [0.2, 0.25) is 0 Å². The van der Waals surface area contributed by atoms with Gasteiger partial charge in [0.2, 0.25) is 0 Å². The molecule has 1 spiro atoms. The molecule has 6 fully saturated rings. The summed E-state index contributed by atoms with van der Waals surface area (Å²) in [6, 6.07) is 0. The van der Waals surface area contributed by atoms with Gasteiger partial charge in [-0.1, -0.05) is 40.0 Å². The fourth-order valence-corrected chi connectivity index (χ4v) is 10.9. The van der Waals surface area contributed by atoms with Crippen LogP contribution in [0, 0.1) is 57.2 Å². The Labute approximate surface area is 187 Å². The Hall–Kier alpha value is -1.06. The Balaban J connectivity index is 1.65. The first-order chi connectivity index (χ1) is 14.5. The summed E-state index contributed by atoms with van der Waals surface area (Å²) < 4.78 is 0. The number of hydrogen-bond donors (Lipinski definition) is 2. The molecule has 6 rings (SSSR count). The van der Waals surface area contributed by atoms with Gasteiger partial charge in [0.25, 0.3) is 0 Å². The number of aliphatic carboxylic acids is 2. The molecular formula is C27H42O4. The molecule has 0 aromatic carbocycles. The van der Waals surface area contributed by atoms with Gasteiger partial charge in [0, 0.05) is 0 Å². The average Bonchev–Trinajstić information content (AvgIpc) is 2.72. The summed E-state index contributed by atoms with van der Waals surface area (Å²) in [6.45, 7) is 9.04. The number of carboxylic acids is 2. The fraction of sp³-hybridized carbons (Fsp3) is 0.926. The van der Waals surface area contributed by atoms with Crippen LogP contribution in [0.1, 0.15) is 98.3 Å². The summed E-state index contributed by atoms with van der Waals surface area (Å²) in [4.78, 5) is 25.4. The van der Waals surface area contributed by atoms with E-state index >= 15 is 0 Å². The molecule has 0 saturated heterocycles. The Kier molecular flexibility index (Phi) is 4.73. The third kappa shape index (κ3) is 2.48. The van der Waals surface area contributed by atoms with Gasteiger partial charge in [-0.05, 0) is 105 Å². The summed E-state index contributed by atoms with van der Waals surface area (Å²) in [5, 5.41) is 20.9. The molecule has 6 aliphatic carbocycles. The van der Waals surface area contributed by atoms with Gasteiger partial charge in [-0.15, -0.1) is 0 Å². The highest BCUT2D eigenvalue weighted by Gasteiger charge is 2.75. The van der Waals surface area contributed by atoms with Gasteiger partial charge < -0.3 is 10.2 Å². The van der Waals surface area contributed by atoms with Crippen LogP contribution in [-0.4, -0.2) is 22.2 Å². The molecule has 2 N–H and O–H groups in total. The highest BCUT2D eigenvalue weighted by Crippen LogP contribution is 2.79. The molecule has 0 aromatic heterocycles. The molecule has 9 unspecified atom stereocenters. The summed E-state index contributed by atoms with van der Waals surface area (Å²) in [7, 11) is 0. The molecule has 6 aliphatic rings. The lowest BCUT2D eigenvalue weighted by Crippen LogP contribution is -2.71. The molecule has 2 bridgehead atoms. The largest absolute Gasteiger partial charge is 0.481 e. The maximum atomic E-state index is 13.0. The van der Waals surface area contributed by atoms with Crippen LogP contribution in [0.5, 0.6) is 0 Å². The Morgan fingerprint density at radius 1 is 0.839 bits per heavy atom. The number of carbonyl (C=O) groups is 2. The summed E-state index contributed by atoms with van der Waals surface area (Å²) in [5.41, 5.74) is -1.02. The molecule has 4 heteroatoms. The van der Waals surface area contributed by atoms with Gasteiger partial charge in [-0.25, -0.2) is 0 Å². The first-order valence-corrected chi connectivity index (χ1v) is 13.0. The van der Waals surface area contributed by atoms with E-state index in [2.05, 4.69) is 20.8 Å². The van der Waals surface area contributed by atoms with Crippen molar-refractivity contribution in [2.24, 2.45) is 57.2 Å². The van der Waals surface area contributed by atoms with Crippen molar-refractivity contribution < 1.29 is 19.8 Å². The van der Waals surface area contributed by atoms with Crippen LogP contribution >= 0.6 is 0 Å². The van der Waals surface area contributed by atoms with Gasteiger partial charge in [-0.3, -0.25) is 9.59 Å². The van der Waals surface area contributed by atoms with Gasteiger partial charge >= 0.3 is 11.9 Å². The van der Waals surface area contributed by atoms with Crippen molar-refractivity contribution in [3.63, 3.8) is 0 Å². The molecule has 0 aromatic rings. The van der Waals surface area contributed by atoms with Crippen LogP contribution in [0.25, 0.3) is 0 Å². The molecule has 6 saturated carbocycles. The van der Waals surface area contributed by atoms with Crippen molar-refractivity contribution in [2.45, 2.75) is 98.3 Å². The molecule has 0 amide bonds. The molecular weight excluding hydrogens is 388 g/mol. The molecule has 4 nitrogen and oxygen atoms in total. The zero-order valence-corrected chi connectivity index (χ0v) is 20.0. The Morgan fingerprint density at radius 2 is 1.58 bits per heavy atom. The minimum Gasteiger partial charge on any atom is -0.481 e. The second-order valence-electron chi connectivity index (χ2n) is 13.1. The van der Waals surface area contributed by atoms with Crippen LogP contribution in [-0.2, 0) is 9.59 Å². The molecule has 174 valence electrons. The van der Waals surface area contributed by atoms with Crippen LogP contribution in [0.3, 0.4) is 0 Å². The van der Waals surface area contributed by atoms with Crippen molar-refractivity contribution in [2.75, 3.05) is 0 Å². The highest BCUT2D eigenvalue weighted by molar-refractivity contribution is 5.77. The molecule has 9 atom stereocenters. The van der Waals surface area contributed by atoms with Gasteiger partial charge in [0.05, 0.1) is 10.8 Å². The number of carboxylic acid groups (broad SMARTS) is 2. The third-order valence-electron chi connectivity index (χ3n) is 12.0. The topological polar surface area (TPSA) is 74.6 Å². The lowest BCUT2D eigenvalue weighted by atomic mass is 9.28. The summed E-state index contributed by atoms with van der Waals surface area (Å²) in [6.07, 6.45) is 11.3. The fourth-order valence-electron chi connectivity index (χ4n) is 10.9. The maximum Gasteiger partial charge on any atom is 0.310 e. The second-order valence-corrected chi connectivity index (χ2v) is 13.1. The summed E-state index contributed by atoms with van der Waals surface area (Å²) >= 11 is 0. The molecule has 0 aliphatic heterocycles. The minimum atomic E-state index is -0.626. The van der Waals surface area contributed by atoms with Crippen LogP contribution in [0.4, 0.5) is 0 Å². The monoisotopic (exact) mass is 430 g/mol. The van der Waals surface area contributed by atoms with Gasteiger partial charge in [0.15, 0.2) is 0 Å². The SMILES string of the molecule is CC(C)C1CC23CCC4C(C)(C(=O)O)CCCC4(C)C2CC1C1(C(=O)O)CCCCC31. The van der Waals surface area contributed by atoms with E-state index in [9.17, 15) is 19.8 Å². The van der Waals surface area contributed by atoms with Crippen molar-refractivity contribution in [3.8, 4) is 0 Å². The zero-order valence-electron chi connectivity index (χ0n) is 20.0. The van der Waals surface area contributed by atoms with E-state index in [-0.39, 0.29) is 22.7 Å². The third-order valence-corrected chi connectivity index (χ3v) is 12.0. The molecule has 31 heavy (non-hydrogen) atoms. The van der Waals surface area contributed by atoms with E-state index in [1.165, 1.54) is 12.8 Å². The normalized spacial score (nSPS) is 53.4. The Bertz CT molecular complexity index is 790. The van der Waals surface area contributed by atoms with Gasteiger partial charge in [0.1, 0.15) is 0 Å². The van der Waals surface area contributed by atoms with E-state index < -0.39 is 22.8 Å².